The first-order valence-electron chi connectivity index (χ1n) is 6.32. The number of nitrogens with zero attached hydrogens (tertiary/aromatic N) is 2. The van der Waals surface area contributed by atoms with Crippen molar-refractivity contribution in [3.8, 4) is 6.07 Å². The molecular formula is C16H16FN3. The summed E-state index contributed by atoms with van der Waals surface area (Å²) >= 11 is 0. The van der Waals surface area contributed by atoms with Gasteiger partial charge >= 0.3 is 0 Å². The van der Waals surface area contributed by atoms with Crippen LogP contribution in [0.1, 0.15) is 24.1 Å². The Labute approximate surface area is 118 Å². The minimum atomic E-state index is -0.409. The minimum absolute atomic E-state index is 0.319. The Balaban J connectivity index is 2.51. The molecule has 2 rings (SSSR count). The number of nitriles is 1. The van der Waals surface area contributed by atoms with Crippen LogP contribution in [0.4, 0.5) is 15.8 Å². The van der Waals surface area contributed by atoms with Crippen molar-refractivity contribution < 1.29 is 4.39 Å². The van der Waals surface area contributed by atoms with Crippen LogP contribution >= 0.6 is 0 Å². The summed E-state index contributed by atoms with van der Waals surface area (Å²) in [7, 11) is 1.83. The topological polar surface area (TPSA) is 53.0 Å². The Morgan fingerprint density at radius 3 is 2.60 bits per heavy atom. The highest BCUT2D eigenvalue weighted by molar-refractivity contribution is 5.67. The number of hydrogen-bond acceptors (Lipinski definition) is 3. The second-order valence-electron chi connectivity index (χ2n) is 4.68. The number of nitrogens with two attached hydrogens (primary N) is 1. The fourth-order valence-corrected chi connectivity index (χ4v) is 2.19. The van der Waals surface area contributed by atoms with E-state index in [-0.39, 0.29) is 5.82 Å². The van der Waals surface area contributed by atoms with Crippen molar-refractivity contribution in [2.45, 2.75) is 13.0 Å². The van der Waals surface area contributed by atoms with Gasteiger partial charge in [0.25, 0.3) is 0 Å². The Morgan fingerprint density at radius 2 is 1.95 bits per heavy atom. The first kappa shape index (κ1) is 14.0. The van der Waals surface area contributed by atoms with Crippen molar-refractivity contribution in [3.05, 3.63) is 59.4 Å². The Morgan fingerprint density at radius 1 is 1.25 bits per heavy atom. The van der Waals surface area contributed by atoms with Crippen LogP contribution in [0.3, 0.4) is 0 Å². The van der Waals surface area contributed by atoms with Crippen LogP contribution in [-0.2, 0) is 0 Å². The van der Waals surface area contributed by atoms with E-state index in [0.717, 1.165) is 5.69 Å². The lowest BCUT2D eigenvalue weighted by Crippen LogP contribution is -2.17. The lowest BCUT2D eigenvalue weighted by molar-refractivity contribution is 0.594. The molecule has 0 bridgehead atoms. The molecule has 20 heavy (non-hydrogen) atoms. The van der Waals surface area contributed by atoms with E-state index in [2.05, 4.69) is 6.07 Å². The van der Waals surface area contributed by atoms with Gasteiger partial charge in [-0.1, -0.05) is 12.1 Å². The molecule has 4 heteroatoms. The van der Waals surface area contributed by atoms with E-state index in [1.807, 2.05) is 24.1 Å². The number of halogens is 1. The molecule has 0 heterocycles. The number of anilines is 2. The van der Waals surface area contributed by atoms with Crippen molar-refractivity contribution in [2.75, 3.05) is 11.9 Å². The Bertz CT molecular complexity index is 659. The molecular weight excluding hydrogens is 253 g/mol. The lowest BCUT2D eigenvalue weighted by Gasteiger charge is -2.24. The van der Waals surface area contributed by atoms with Crippen molar-refractivity contribution in [3.63, 3.8) is 0 Å². The molecule has 0 saturated heterocycles. The summed E-state index contributed by atoms with van der Waals surface area (Å²) < 4.78 is 14.0. The summed E-state index contributed by atoms with van der Waals surface area (Å²) in [6.45, 7) is 1.75. The summed E-state index contributed by atoms with van der Waals surface area (Å²) in [5.74, 6) is -0.319. The van der Waals surface area contributed by atoms with E-state index in [1.165, 1.54) is 6.07 Å². The fourth-order valence-electron chi connectivity index (χ4n) is 2.19. The van der Waals surface area contributed by atoms with Gasteiger partial charge in [-0.2, -0.15) is 5.26 Å². The molecule has 2 aromatic carbocycles. The molecule has 2 N–H and O–H groups in total. The standard InChI is InChI=1S/C16H16FN3/c1-11(19)16-14(17)7-4-8-15(16)20(2)13-6-3-5-12(9-13)10-18/h3-9,11H,19H2,1-2H3. The summed E-state index contributed by atoms with van der Waals surface area (Å²) in [6.07, 6.45) is 0. The van der Waals surface area contributed by atoms with E-state index in [0.29, 0.717) is 16.8 Å². The van der Waals surface area contributed by atoms with Gasteiger partial charge in [0.05, 0.1) is 11.6 Å². The maximum Gasteiger partial charge on any atom is 0.130 e. The van der Waals surface area contributed by atoms with E-state index in [4.69, 9.17) is 11.0 Å². The second-order valence-corrected chi connectivity index (χ2v) is 4.68. The molecule has 0 aromatic heterocycles. The van der Waals surface area contributed by atoms with Gasteiger partial charge in [-0.25, -0.2) is 4.39 Å². The smallest absolute Gasteiger partial charge is 0.130 e. The van der Waals surface area contributed by atoms with Crippen LogP contribution < -0.4 is 10.6 Å². The highest BCUT2D eigenvalue weighted by atomic mass is 19.1. The zero-order chi connectivity index (χ0) is 14.7. The number of hydrogen-bond donors (Lipinski definition) is 1. The monoisotopic (exact) mass is 269 g/mol. The zero-order valence-electron chi connectivity index (χ0n) is 11.5. The molecule has 0 aliphatic heterocycles. The molecule has 0 saturated carbocycles. The first-order chi connectivity index (χ1) is 9.54. The van der Waals surface area contributed by atoms with Gasteiger partial charge in [0.15, 0.2) is 0 Å². The number of benzene rings is 2. The first-order valence-corrected chi connectivity index (χ1v) is 6.32. The quantitative estimate of drug-likeness (QED) is 0.928. The van der Waals surface area contributed by atoms with Crippen LogP contribution in [0.2, 0.25) is 0 Å². The molecule has 0 fully saturated rings. The normalized spacial score (nSPS) is 11.8. The molecule has 0 aliphatic carbocycles. The molecule has 0 spiro atoms. The predicted octanol–water partition coefficient (Wildman–Crippen LogP) is 3.48. The summed E-state index contributed by atoms with van der Waals surface area (Å²) in [5, 5.41) is 8.95. The van der Waals surface area contributed by atoms with Crippen LogP contribution in [0.15, 0.2) is 42.5 Å². The third-order valence-electron chi connectivity index (χ3n) is 3.21. The van der Waals surface area contributed by atoms with Gasteiger partial charge in [0.1, 0.15) is 5.82 Å². The molecule has 0 amide bonds. The average molecular weight is 269 g/mol. The second kappa shape index (κ2) is 5.72. The van der Waals surface area contributed by atoms with Crippen molar-refractivity contribution in [2.24, 2.45) is 5.73 Å². The van der Waals surface area contributed by atoms with E-state index < -0.39 is 6.04 Å². The average Bonchev–Trinajstić information content (AvgIpc) is 2.45. The minimum Gasteiger partial charge on any atom is -0.344 e. The Hall–Kier alpha value is -2.38. The van der Waals surface area contributed by atoms with Crippen molar-refractivity contribution in [1.82, 2.24) is 0 Å². The third kappa shape index (κ3) is 2.63. The zero-order valence-corrected chi connectivity index (χ0v) is 11.5. The van der Waals surface area contributed by atoms with Crippen LogP contribution in [0.25, 0.3) is 0 Å². The summed E-state index contributed by atoms with van der Waals surface area (Å²) in [5.41, 5.74) is 8.42. The molecule has 0 radical (unpaired) electrons. The van der Waals surface area contributed by atoms with Gasteiger partial charge in [0.2, 0.25) is 0 Å². The molecule has 1 unspecified atom stereocenters. The van der Waals surface area contributed by atoms with E-state index >= 15 is 0 Å². The van der Waals surface area contributed by atoms with Gasteiger partial charge in [-0.3, -0.25) is 0 Å². The van der Waals surface area contributed by atoms with Gasteiger partial charge < -0.3 is 10.6 Å². The van der Waals surface area contributed by atoms with Crippen LogP contribution in [0.5, 0.6) is 0 Å². The van der Waals surface area contributed by atoms with Crippen LogP contribution in [-0.4, -0.2) is 7.05 Å². The SMILES string of the molecule is CC(N)c1c(F)cccc1N(C)c1cccc(C#N)c1. The highest BCUT2D eigenvalue weighted by Crippen LogP contribution is 2.32. The van der Waals surface area contributed by atoms with Gasteiger partial charge in [0, 0.05) is 30.0 Å². The number of rotatable bonds is 3. The van der Waals surface area contributed by atoms with E-state index in [1.54, 1.807) is 31.2 Å². The molecule has 1 atom stereocenters. The molecule has 102 valence electrons. The van der Waals surface area contributed by atoms with Crippen molar-refractivity contribution in [1.29, 1.82) is 5.26 Å². The third-order valence-corrected chi connectivity index (χ3v) is 3.21. The van der Waals surface area contributed by atoms with E-state index in [9.17, 15) is 4.39 Å². The summed E-state index contributed by atoms with van der Waals surface area (Å²) in [6, 6.07) is 13.7. The molecule has 0 aliphatic rings. The fraction of sp³-hybridized carbons (Fsp3) is 0.188. The van der Waals surface area contributed by atoms with Gasteiger partial charge in [-0.15, -0.1) is 0 Å². The lowest BCUT2D eigenvalue weighted by atomic mass is 10.0. The van der Waals surface area contributed by atoms with Gasteiger partial charge in [-0.05, 0) is 37.3 Å². The maximum absolute atomic E-state index is 14.0. The summed E-state index contributed by atoms with van der Waals surface area (Å²) in [4.78, 5) is 1.84. The highest BCUT2D eigenvalue weighted by Gasteiger charge is 2.16. The molecule has 3 nitrogen and oxygen atoms in total. The van der Waals surface area contributed by atoms with Crippen LogP contribution in [0, 0.1) is 17.1 Å². The maximum atomic E-state index is 14.0. The van der Waals surface area contributed by atoms with Crippen molar-refractivity contribution >= 4 is 11.4 Å². The largest absolute Gasteiger partial charge is 0.344 e. The predicted molar refractivity (Wildman–Crippen MR) is 78.2 cm³/mol. The molecule has 2 aromatic rings. The Kier molecular flexibility index (Phi) is 4.02.